The normalized spacial score (nSPS) is 11.2. The summed E-state index contributed by atoms with van der Waals surface area (Å²) in [6.45, 7) is 1.12. The fourth-order valence-electron chi connectivity index (χ4n) is 1.60. The Balaban J connectivity index is 2.53. The van der Waals surface area contributed by atoms with Crippen LogP contribution < -0.4 is 15.4 Å². The molecule has 0 aliphatic heterocycles. The lowest BCUT2D eigenvalue weighted by Crippen LogP contribution is -2.30. The maximum Gasteiger partial charge on any atom is 0.573 e. The molecule has 0 atom stereocenters. The quantitative estimate of drug-likeness (QED) is 0.754. The number of hydrogen-bond acceptors (Lipinski definition) is 3. The van der Waals surface area contributed by atoms with Gasteiger partial charge in [0.2, 0.25) is 5.91 Å². The zero-order valence-corrected chi connectivity index (χ0v) is 11.1. The zero-order chi connectivity index (χ0) is 15.0. The Morgan fingerprint density at radius 3 is 2.60 bits per heavy atom. The van der Waals surface area contributed by atoms with E-state index in [2.05, 4.69) is 15.4 Å². The van der Waals surface area contributed by atoms with Crippen LogP contribution in [-0.4, -0.2) is 32.4 Å². The minimum absolute atomic E-state index is 0.113. The Morgan fingerprint density at radius 1 is 1.25 bits per heavy atom. The molecular weight excluding hydrogens is 273 g/mol. The van der Waals surface area contributed by atoms with Gasteiger partial charge in [0.1, 0.15) is 5.75 Å². The SMILES string of the molecule is CNCCNC(=O)CCc1ccccc1OC(F)(F)F. The molecule has 0 unspecified atom stereocenters. The van der Waals surface area contributed by atoms with E-state index in [0.29, 0.717) is 18.7 Å². The molecule has 7 heteroatoms. The van der Waals surface area contributed by atoms with Crippen molar-refractivity contribution in [3.63, 3.8) is 0 Å². The van der Waals surface area contributed by atoms with Crippen LogP contribution in [0.2, 0.25) is 0 Å². The van der Waals surface area contributed by atoms with Crippen molar-refractivity contribution in [1.82, 2.24) is 10.6 Å². The molecule has 1 amide bonds. The Kier molecular flexibility index (Phi) is 6.30. The molecule has 1 aromatic carbocycles. The van der Waals surface area contributed by atoms with Crippen molar-refractivity contribution in [2.75, 3.05) is 20.1 Å². The minimum Gasteiger partial charge on any atom is -0.406 e. The number of alkyl halides is 3. The van der Waals surface area contributed by atoms with Gasteiger partial charge in [-0.1, -0.05) is 18.2 Å². The van der Waals surface area contributed by atoms with Crippen molar-refractivity contribution in [3.8, 4) is 5.75 Å². The lowest BCUT2D eigenvalue weighted by atomic mass is 10.1. The number of halogens is 3. The smallest absolute Gasteiger partial charge is 0.406 e. The van der Waals surface area contributed by atoms with Crippen LogP contribution in [0.1, 0.15) is 12.0 Å². The van der Waals surface area contributed by atoms with Gasteiger partial charge in [0.25, 0.3) is 0 Å². The standard InChI is InChI=1S/C13H17F3N2O2/c1-17-8-9-18-12(19)7-6-10-4-2-3-5-11(10)20-13(14,15)16/h2-5,17H,6-9H2,1H3,(H,18,19). The van der Waals surface area contributed by atoms with Gasteiger partial charge in [-0.25, -0.2) is 0 Å². The van der Waals surface area contributed by atoms with Crippen molar-refractivity contribution in [2.24, 2.45) is 0 Å². The van der Waals surface area contributed by atoms with Gasteiger partial charge in [0, 0.05) is 19.5 Å². The lowest BCUT2D eigenvalue weighted by molar-refractivity contribution is -0.274. The molecule has 0 fully saturated rings. The van der Waals surface area contributed by atoms with Gasteiger partial charge in [-0.15, -0.1) is 13.2 Å². The van der Waals surface area contributed by atoms with Gasteiger partial charge in [-0.2, -0.15) is 0 Å². The van der Waals surface area contributed by atoms with Crippen LogP contribution in [0.3, 0.4) is 0 Å². The molecule has 20 heavy (non-hydrogen) atoms. The van der Waals surface area contributed by atoms with E-state index in [4.69, 9.17) is 0 Å². The van der Waals surface area contributed by atoms with Crippen LogP contribution in [0, 0.1) is 0 Å². The third-order valence-corrected chi connectivity index (χ3v) is 2.52. The number of ether oxygens (including phenoxy) is 1. The summed E-state index contributed by atoms with van der Waals surface area (Å²) < 4.78 is 40.6. The van der Waals surface area contributed by atoms with Gasteiger partial charge in [-0.3, -0.25) is 4.79 Å². The summed E-state index contributed by atoms with van der Waals surface area (Å²) in [6, 6.07) is 5.82. The number of nitrogens with one attached hydrogen (secondary N) is 2. The maximum absolute atomic E-state index is 12.2. The van der Waals surface area contributed by atoms with Gasteiger partial charge in [0.05, 0.1) is 0 Å². The molecule has 0 radical (unpaired) electrons. The molecule has 1 rings (SSSR count). The Labute approximate surface area is 115 Å². The third-order valence-electron chi connectivity index (χ3n) is 2.52. The average Bonchev–Trinajstić information content (AvgIpc) is 2.36. The summed E-state index contributed by atoms with van der Waals surface area (Å²) in [5, 5.41) is 5.53. The summed E-state index contributed by atoms with van der Waals surface area (Å²) in [6.07, 6.45) is -4.43. The first-order chi connectivity index (χ1) is 9.42. The number of aryl methyl sites for hydroxylation is 1. The van der Waals surface area contributed by atoms with Gasteiger partial charge >= 0.3 is 6.36 Å². The molecule has 2 N–H and O–H groups in total. The number of amides is 1. The molecular formula is C13H17F3N2O2. The highest BCUT2D eigenvalue weighted by molar-refractivity contribution is 5.76. The highest BCUT2D eigenvalue weighted by atomic mass is 19.4. The fourth-order valence-corrected chi connectivity index (χ4v) is 1.60. The predicted octanol–water partition coefficient (Wildman–Crippen LogP) is 1.85. The zero-order valence-electron chi connectivity index (χ0n) is 11.1. The first-order valence-corrected chi connectivity index (χ1v) is 6.17. The number of carbonyl (C=O) groups excluding carboxylic acids is 1. The van der Waals surface area contributed by atoms with E-state index in [1.807, 2.05) is 0 Å². The predicted molar refractivity (Wildman–Crippen MR) is 68.4 cm³/mol. The molecule has 0 aliphatic carbocycles. The van der Waals surface area contributed by atoms with E-state index in [-0.39, 0.29) is 24.5 Å². The molecule has 0 saturated heterocycles. The first kappa shape index (κ1) is 16.3. The van der Waals surface area contributed by atoms with Crippen LogP contribution in [0.5, 0.6) is 5.75 Å². The van der Waals surface area contributed by atoms with E-state index in [9.17, 15) is 18.0 Å². The Morgan fingerprint density at radius 2 is 1.95 bits per heavy atom. The fraction of sp³-hybridized carbons (Fsp3) is 0.462. The molecule has 0 saturated carbocycles. The monoisotopic (exact) mass is 290 g/mol. The molecule has 112 valence electrons. The number of hydrogen-bond donors (Lipinski definition) is 2. The molecule has 0 spiro atoms. The molecule has 0 heterocycles. The topological polar surface area (TPSA) is 50.4 Å². The van der Waals surface area contributed by atoms with Crippen LogP contribution in [-0.2, 0) is 11.2 Å². The van der Waals surface area contributed by atoms with Crippen molar-refractivity contribution in [1.29, 1.82) is 0 Å². The van der Waals surface area contributed by atoms with E-state index < -0.39 is 6.36 Å². The summed E-state index contributed by atoms with van der Waals surface area (Å²) in [5.41, 5.74) is 0.355. The van der Waals surface area contributed by atoms with Gasteiger partial charge in [0.15, 0.2) is 0 Å². The van der Waals surface area contributed by atoms with Crippen molar-refractivity contribution in [2.45, 2.75) is 19.2 Å². The highest BCUT2D eigenvalue weighted by Crippen LogP contribution is 2.26. The minimum atomic E-state index is -4.73. The van der Waals surface area contributed by atoms with E-state index in [1.165, 1.54) is 18.2 Å². The summed E-state index contributed by atoms with van der Waals surface area (Å²) in [7, 11) is 1.76. The average molecular weight is 290 g/mol. The first-order valence-electron chi connectivity index (χ1n) is 6.17. The molecule has 1 aromatic rings. The molecule has 0 bridgehead atoms. The van der Waals surface area contributed by atoms with Crippen LogP contribution in [0.4, 0.5) is 13.2 Å². The number of para-hydroxylation sites is 1. The Hall–Kier alpha value is -1.76. The third kappa shape index (κ3) is 6.42. The Bertz CT molecular complexity index is 436. The van der Waals surface area contributed by atoms with Crippen molar-refractivity contribution in [3.05, 3.63) is 29.8 Å². The second-order valence-electron chi connectivity index (χ2n) is 4.11. The summed E-state index contributed by atoms with van der Waals surface area (Å²) in [4.78, 5) is 11.5. The lowest BCUT2D eigenvalue weighted by Gasteiger charge is -2.13. The largest absolute Gasteiger partial charge is 0.573 e. The van der Waals surface area contributed by atoms with E-state index in [0.717, 1.165) is 0 Å². The highest BCUT2D eigenvalue weighted by Gasteiger charge is 2.31. The van der Waals surface area contributed by atoms with Crippen LogP contribution >= 0.6 is 0 Å². The number of benzene rings is 1. The second kappa shape index (κ2) is 7.74. The van der Waals surface area contributed by atoms with Crippen molar-refractivity contribution < 1.29 is 22.7 Å². The van der Waals surface area contributed by atoms with Crippen LogP contribution in [0.25, 0.3) is 0 Å². The number of likely N-dealkylation sites (N-methyl/N-ethyl adjacent to an activating group) is 1. The molecule has 4 nitrogen and oxygen atoms in total. The van der Waals surface area contributed by atoms with Crippen molar-refractivity contribution >= 4 is 5.91 Å². The number of carbonyl (C=O) groups is 1. The van der Waals surface area contributed by atoms with Crippen LogP contribution in [0.15, 0.2) is 24.3 Å². The maximum atomic E-state index is 12.2. The van der Waals surface area contributed by atoms with Gasteiger partial charge < -0.3 is 15.4 Å². The number of rotatable bonds is 7. The van der Waals surface area contributed by atoms with E-state index >= 15 is 0 Å². The second-order valence-corrected chi connectivity index (χ2v) is 4.11. The molecule has 0 aromatic heterocycles. The van der Waals surface area contributed by atoms with Gasteiger partial charge in [-0.05, 0) is 25.1 Å². The summed E-state index contributed by atoms with van der Waals surface area (Å²) in [5.74, 6) is -0.468. The summed E-state index contributed by atoms with van der Waals surface area (Å²) >= 11 is 0. The molecule has 0 aliphatic rings. The van der Waals surface area contributed by atoms with E-state index in [1.54, 1.807) is 13.1 Å².